The van der Waals surface area contributed by atoms with Crippen LogP contribution in [-0.2, 0) is 47.5 Å². The Hall–Kier alpha value is -1.87. The molecule has 0 aromatic carbocycles. The number of aliphatic hydroxyl groups excluding tert-OH is 1. The molecule has 2 rings (SSSR count). The number of aliphatic hydroxyl groups is 1. The minimum Gasteiger partial charge on any atom is -0.469 e. The first-order valence-electron chi connectivity index (χ1n) is 12.1. The molecule has 0 aromatic heterocycles. The third-order valence-corrected chi connectivity index (χ3v) is 6.52. The summed E-state index contributed by atoms with van der Waals surface area (Å²) in [6.07, 6.45) is -3.19. The summed E-state index contributed by atoms with van der Waals surface area (Å²) in [5.74, 6) is -0.262. The van der Waals surface area contributed by atoms with E-state index in [9.17, 15) is 19.5 Å². The van der Waals surface area contributed by atoms with E-state index in [-0.39, 0.29) is 12.6 Å². The molecule has 0 unspecified atom stereocenters. The molecule has 2 aliphatic heterocycles. The molecule has 2 heterocycles. The lowest BCUT2D eigenvalue weighted by molar-refractivity contribution is -0.336. The highest BCUT2D eigenvalue weighted by Gasteiger charge is 2.51. The minimum absolute atomic E-state index is 0.262. The maximum Gasteiger partial charge on any atom is 0.305 e. The molecular formula is C23H40N2O11. The summed E-state index contributed by atoms with van der Waals surface area (Å²) in [6.45, 7) is 3.78. The molecule has 2 saturated heterocycles. The van der Waals surface area contributed by atoms with Crippen LogP contribution in [0.25, 0.3) is 0 Å². The molecular weight excluding hydrogens is 480 g/mol. The summed E-state index contributed by atoms with van der Waals surface area (Å²) in [5.41, 5.74) is 0. The van der Waals surface area contributed by atoms with Crippen molar-refractivity contribution in [2.24, 2.45) is 0 Å². The number of ether oxygens (including phenoxy) is 7. The van der Waals surface area contributed by atoms with Gasteiger partial charge in [-0.05, 0) is 26.7 Å². The van der Waals surface area contributed by atoms with Gasteiger partial charge in [0.2, 0.25) is 12.8 Å². The molecule has 0 aromatic rings. The number of hydrogen-bond acceptors (Lipinski definition) is 11. The topological polar surface area (TPSA) is 160 Å². The van der Waals surface area contributed by atoms with Gasteiger partial charge in [0.25, 0.3) is 0 Å². The Balaban J connectivity index is 2.07. The van der Waals surface area contributed by atoms with Crippen LogP contribution >= 0.6 is 0 Å². The number of carbonyl (C=O) groups excluding carboxylic acids is 3. The van der Waals surface area contributed by atoms with Crippen molar-refractivity contribution in [3.63, 3.8) is 0 Å². The van der Waals surface area contributed by atoms with Crippen LogP contribution < -0.4 is 10.6 Å². The fraction of sp³-hybridized carbons (Fsp3) is 0.870. The molecule has 3 N–H and O–H groups in total. The van der Waals surface area contributed by atoms with E-state index in [1.54, 1.807) is 13.8 Å². The number of carbonyl (C=O) groups is 3. The molecule has 13 heteroatoms. The zero-order chi connectivity index (χ0) is 26.7. The van der Waals surface area contributed by atoms with Crippen molar-refractivity contribution in [2.45, 2.75) is 101 Å². The number of methoxy groups -OCH3 is 3. The van der Waals surface area contributed by atoms with Crippen LogP contribution in [0.15, 0.2) is 0 Å². The van der Waals surface area contributed by atoms with E-state index in [4.69, 9.17) is 28.4 Å². The molecule has 0 aliphatic carbocycles. The van der Waals surface area contributed by atoms with Gasteiger partial charge < -0.3 is 48.9 Å². The number of unbranched alkanes of at least 4 members (excludes halogenated alkanes) is 2. The lowest BCUT2D eigenvalue weighted by atomic mass is 9.94. The summed E-state index contributed by atoms with van der Waals surface area (Å²) in [6, 6.07) is -1.20. The Bertz CT molecular complexity index is 684. The van der Waals surface area contributed by atoms with Gasteiger partial charge in [-0.2, -0.15) is 0 Å². The third kappa shape index (κ3) is 7.81. The summed E-state index contributed by atoms with van der Waals surface area (Å²) < 4.78 is 39.6. The Morgan fingerprint density at radius 1 is 0.861 bits per heavy atom. The predicted molar refractivity (Wildman–Crippen MR) is 124 cm³/mol. The van der Waals surface area contributed by atoms with Gasteiger partial charge in [0.15, 0.2) is 12.6 Å². The van der Waals surface area contributed by atoms with Crippen molar-refractivity contribution in [1.29, 1.82) is 0 Å². The summed E-state index contributed by atoms with van der Waals surface area (Å²) in [7, 11) is 4.30. The fourth-order valence-electron chi connectivity index (χ4n) is 4.57. The molecule has 0 spiro atoms. The zero-order valence-electron chi connectivity index (χ0n) is 21.5. The molecule has 10 atom stereocenters. The molecule has 36 heavy (non-hydrogen) atoms. The highest BCUT2D eigenvalue weighted by atomic mass is 16.7. The normalized spacial score (nSPS) is 36.6. The monoisotopic (exact) mass is 520 g/mol. The van der Waals surface area contributed by atoms with Crippen molar-refractivity contribution < 1.29 is 52.6 Å². The highest BCUT2D eigenvalue weighted by molar-refractivity contribution is 5.68. The van der Waals surface area contributed by atoms with Crippen molar-refractivity contribution in [3.05, 3.63) is 0 Å². The van der Waals surface area contributed by atoms with E-state index in [2.05, 4.69) is 15.4 Å². The van der Waals surface area contributed by atoms with Crippen molar-refractivity contribution in [2.75, 3.05) is 27.9 Å². The van der Waals surface area contributed by atoms with Crippen LogP contribution in [0.3, 0.4) is 0 Å². The maximum atomic E-state index is 11.3. The predicted octanol–water partition coefficient (Wildman–Crippen LogP) is -0.769. The smallest absolute Gasteiger partial charge is 0.305 e. The molecule has 0 saturated carbocycles. The number of hydrogen-bond donors (Lipinski definition) is 3. The quantitative estimate of drug-likeness (QED) is 0.141. The Kier molecular flexibility index (Phi) is 13.0. The largest absolute Gasteiger partial charge is 0.469 e. The van der Waals surface area contributed by atoms with Crippen molar-refractivity contribution >= 4 is 18.8 Å². The second-order valence-corrected chi connectivity index (χ2v) is 8.79. The molecule has 208 valence electrons. The van der Waals surface area contributed by atoms with Gasteiger partial charge in [0.1, 0.15) is 24.4 Å². The maximum absolute atomic E-state index is 11.3. The van der Waals surface area contributed by atoms with E-state index in [1.807, 2.05) is 0 Å². The molecule has 0 radical (unpaired) electrons. The van der Waals surface area contributed by atoms with Gasteiger partial charge in [-0.3, -0.25) is 14.4 Å². The van der Waals surface area contributed by atoms with Gasteiger partial charge >= 0.3 is 5.97 Å². The second-order valence-electron chi connectivity index (χ2n) is 8.79. The first kappa shape index (κ1) is 30.4. The molecule has 2 amide bonds. The first-order valence-corrected chi connectivity index (χ1v) is 12.1. The van der Waals surface area contributed by atoms with E-state index in [0.29, 0.717) is 32.1 Å². The fourth-order valence-corrected chi connectivity index (χ4v) is 4.57. The van der Waals surface area contributed by atoms with Crippen molar-refractivity contribution in [1.82, 2.24) is 10.6 Å². The van der Waals surface area contributed by atoms with Crippen LogP contribution in [-0.4, -0.2) is 113 Å². The molecule has 2 fully saturated rings. The second kappa shape index (κ2) is 15.4. The van der Waals surface area contributed by atoms with E-state index < -0.39 is 61.3 Å². The van der Waals surface area contributed by atoms with Crippen LogP contribution in [0, 0.1) is 0 Å². The van der Waals surface area contributed by atoms with Gasteiger partial charge in [0.05, 0.1) is 31.4 Å². The molecule has 0 bridgehead atoms. The zero-order valence-corrected chi connectivity index (χ0v) is 21.5. The third-order valence-electron chi connectivity index (χ3n) is 6.52. The van der Waals surface area contributed by atoms with Gasteiger partial charge in [-0.1, -0.05) is 6.42 Å². The summed E-state index contributed by atoms with van der Waals surface area (Å²) >= 11 is 0. The average Bonchev–Trinajstić information content (AvgIpc) is 2.86. The van der Waals surface area contributed by atoms with E-state index in [1.165, 1.54) is 21.3 Å². The minimum atomic E-state index is -1.27. The van der Waals surface area contributed by atoms with Crippen LogP contribution in [0.2, 0.25) is 0 Å². The number of rotatable bonds is 15. The Labute approximate surface area is 211 Å². The lowest BCUT2D eigenvalue weighted by Gasteiger charge is -2.48. The Morgan fingerprint density at radius 3 is 2.00 bits per heavy atom. The van der Waals surface area contributed by atoms with Crippen molar-refractivity contribution in [3.8, 4) is 0 Å². The summed E-state index contributed by atoms with van der Waals surface area (Å²) in [4.78, 5) is 33.6. The van der Waals surface area contributed by atoms with Gasteiger partial charge in [0, 0.05) is 27.2 Å². The van der Waals surface area contributed by atoms with E-state index >= 15 is 0 Å². The number of esters is 1. The van der Waals surface area contributed by atoms with Crippen LogP contribution in [0.1, 0.15) is 39.5 Å². The number of amides is 2. The van der Waals surface area contributed by atoms with E-state index in [0.717, 1.165) is 6.42 Å². The average molecular weight is 521 g/mol. The van der Waals surface area contributed by atoms with Gasteiger partial charge in [-0.25, -0.2) is 0 Å². The standard InChI is InChI=1S/C23H40N2O11/c1-13-16(24-11-26)19(18(29)22(34-13)33-10-8-6-7-9-15(28)30-3)36-23-21(32-5)20(31-4)17(25-12-27)14(2)35-23/h11-14,16-23,29H,6-10H2,1-5H3,(H,24,26)(H,25,27)/t13-,14-,16-,17-,18+,19+,20+,21+,22+,23-/m1/s1. The molecule has 13 nitrogen and oxygen atoms in total. The SMILES string of the molecule is COC(=O)CCCCCO[C@H]1O[C@H](C)[C@@H](NC=O)[C@H](O[C@H]2O[C@H](C)[C@@H](NC=O)[C@H](OC)[C@@H]2OC)[C@@H]1O. The van der Waals surface area contributed by atoms with Crippen LogP contribution in [0.4, 0.5) is 0 Å². The molecule has 2 aliphatic rings. The first-order chi connectivity index (χ1) is 17.3. The number of nitrogens with one attached hydrogen (secondary N) is 2. The van der Waals surface area contributed by atoms with Gasteiger partial charge in [-0.15, -0.1) is 0 Å². The summed E-state index contributed by atoms with van der Waals surface area (Å²) in [5, 5.41) is 16.4. The highest BCUT2D eigenvalue weighted by Crippen LogP contribution is 2.31. The Morgan fingerprint density at radius 2 is 1.44 bits per heavy atom. The van der Waals surface area contributed by atoms with Crippen LogP contribution in [0.5, 0.6) is 0 Å². The lowest BCUT2D eigenvalue weighted by Crippen LogP contribution is -2.67.